The fourth-order valence-corrected chi connectivity index (χ4v) is 4.93. The van der Waals surface area contributed by atoms with Gasteiger partial charge in [-0.15, -0.1) is 0 Å². The van der Waals surface area contributed by atoms with Gasteiger partial charge in [0.15, 0.2) is 11.5 Å². The van der Waals surface area contributed by atoms with Gasteiger partial charge in [-0.05, 0) is 37.0 Å². The van der Waals surface area contributed by atoms with E-state index in [4.69, 9.17) is 8.94 Å². The largest absolute Gasteiger partial charge is 0.467 e. The highest BCUT2D eigenvalue weighted by Crippen LogP contribution is 2.46. The summed E-state index contributed by atoms with van der Waals surface area (Å²) in [6.07, 6.45) is 4.04. The number of hydrogen-bond donors (Lipinski definition) is 1. The Hall–Kier alpha value is -3.54. The molecule has 2 aliphatic rings. The molecule has 1 fully saturated rings. The molecule has 3 heterocycles. The lowest BCUT2D eigenvalue weighted by molar-refractivity contribution is 0.104. The fraction of sp³-hybridized carbons (Fsp3) is 0.280. The molecular weight excluding hydrogens is 390 g/mol. The average Bonchev–Trinajstić information content (AvgIpc) is 3.46. The molecule has 6 heteroatoms. The number of rotatable bonds is 4. The number of fused-ring (bicyclic) bond motifs is 2. The van der Waals surface area contributed by atoms with Crippen molar-refractivity contribution in [2.45, 2.75) is 26.3 Å². The first-order chi connectivity index (χ1) is 15.2. The number of hydrogen-bond acceptors (Lipinski definition) is 6. The van der Waals surface area contributed by atoms with E-state index >= 15 is 0 Å². The van der Waals surface area contributed by atoms with Crippen molar-refractivity contribution >= 4 is 28.1 Å². The maximum atomic E-state index is 13.6. The summed E-state index contributed by atoms with van der Waals surface area (Å²) < 4.78 is 11.4. The summed E-state index contributed by atoms with van der Waals surface area (Å²) in [4.78, 5) is 15.9. The Bertz CT molecular complexity index is 1290. The topological polar surface area (TPSA) is 71.5 Å². The first kappa shape index (κ1) is 18.2. The van der Waals surface area contributed by atoms with E-state index < -0.39 is 0 Å². The van der Waals surface area contributed by atoms with Crippen LogP contribution in [0.25, 0.3) is 22.2 Å². The van der Waals surface area contributed by atoms with Gasteiger partial charge >= 0.3 is 0 Å². The van der Waals surface area contributed by atoms with Gasteiger partial charge in [-0.1, -0.05) is 36.3 Å². The molecule has 0 bridgehead atoms. The second-order valence-electron chi connectivity index (χ2n) is 8.55. The number of benzene rings is 2. The lowest BCUT2D eigenvalue weighted by atomic mass is 9.86. The van der Waals surface area contributed by atoms with Crippen molar-refractivity contribution in [2.24, 2.45) is 5.92 Å². The number of piperidine rings is 1. The Kier molecular flexibility index (Phi) is 4.13. The zero-order chi connectivity index (χ0) is 20.9. The number of nitrogens with one attached hydrogen (secondary N) is 1. The number of ketones is 1. The third kappa shape index (κ3) is 2.86. The minimum absolute atomic E-state index is 0.00296. The molecule has 1 aliphatic heterocycles. The van der Waals surface area contributed by atoms with Crippen LogP contribution >= 0.6 is 0 Å². The summed E-state index contributed by atoms with van der Waals surface area (Å²) in [7, 11) is 0. The molecule has 2 aromatic carbocycles. The third-order valence-corrected chi connectivity index (χ3v) is 6.41. The molecule has 0 amide bonds. The van der Waals surface area contributed by atoms with Crippen LogP contribution in [0.2, 0.25) is 0 Å². The van der Waals surface area contributed by atoms with E-state index in [1.807, 2.05) is 36.4 Å². The van der Waals surface area contributed by atoms with Crippen molar-refractivity contribution in [3.63, 3.8) is 0 Å². The molecule has 0 saturated carbocycles. The summed E-state index contributed by atoms with van der Waals surface area (Å²) in [6, 6.07) is 13.5. The van der Waals surface area contributed by atoms with E-state index in [2.05, 4.69) is 28.4 Å². The Morgan fingerprint density at radius 1 is 1.19 bits per heavy atom. The standard InChI is InChI=1S/C25H23N3O3/c1-15-6-4-10-28(14-15)20-12-19(26-13-16-7-5-11-30-16)21-22-23(20)27-31-25(22)18-9-3-2-8-17(18)24(21)29/h2-3,5,7-9,11-12,15,26H,4,6,10,13-14H2,1H3. The summed E-state index contributed by atoms with van der Waals surface area (Å²) in [5, 5.41) is 8.72. The van der Waals surface area contributed by atoms with Gasteiger partial charge in [0.1, 0.15) is 11.3 Å². The van der Waals surface area contributed by atoms with E-state index in [1.165, 1.54) is 6.42 Å². The normalized spacial score (nSPS) is 17.8. The maximum Gasteiger partial charge on any atom is 0.196 e. The molecule has 6 nitrogen and oxygen atoms in total. The molecule has 1 aliphatic carbocycles. The Morgan fingerprint density at radius 3 is 2.87 bits per heavy atom. The fourth-order valence-electron chi connectivity index (χ4n) is 4.93. The monoisotopic (exact) mass is 413 g/mol. The van der Waals surface area contributed by atoms with E-state index in [0.29, 0.717) is 29.3 Å². The van der Waals surface area contributed by atoms with Crippen molar-refractivity contribution in [3.05, 3.63) is 65.6 Å². The highest BCUT2D eigenvalue weighted by molar-refractivity contribution is 6.28. The second-order valence-corrected chi connectivity index (χ2v) is 8.55. The maximum absolute atomic E-state index is 13.6. The van der Waals surface area contributed by atoms with Gasteiger partial charge in [-0.2, -0.15) is 0 Å². The van der Waals surface area contributed by atoms with Crippen LogP contribution in [-0.2, 0) is 6.54 Å². The Morgan fingerprint density at radius 2 is 2.06 bits per heavy atom. The summed E-state index contributed by atoms with van der Waals surface area (Å²) in [5.74, 6) is 2.10. The van der Waals surface area contributed by atoms with E-state index in [1.54, 1.807) is 6.26 Å². The first-order valence-electron chi connectivity index (χ1n) is 10.8. The smallest absolute Gasteiger partial charge is 0.196 e. The van der Waals surface area contributed by atoms with Crippen LogP contribution in [0.15, 0.2) is 57.7 Å². The number of anilines is 2. The lowest BCUT2D eigenvalue weighted by Gasteiger charge is -2.33. The van der Waals surface area contributed by atoms with Gasteiger partial charge in [0.05, 0.1) is 29.4 Å². The number of aromatic nitrogens is 1. The van der Waals surface area contributed by atoms with Crippen LogP contribution in [0.3, 0.4) is 0 Å². The van der Waals surface area contributed by atoms with Gasteiger partial charge in [0.25, 0.3) is 0 Å². The molecule has 1 unspecified atom stereocenters. The Labute approximate surface area is 179 Å². The number of furan rings is 1. The van der Waals surface area contributed by atoms with Gasteiger partial charge in [-0.3, -0.25) is 4.79 Å². The van der Waals surface area contributed by atoms with E-state index in [-0.39, 0.29) is 5.78 Å². The minimum atomic E-state index is -0.00296. The highest BCUT2D eigenvalue weighted by Gasteiger charge is 2.34. The lowest BCUT2D eigenvalue weighted by Crippen LogP contribution is -2.34. The zero-order valence-corrected chi connectivity index (χ0v) is 17.4. The first-order valence-corrected chi connectivity index (χ1v) is 10.8. The number of carbonyl (C=O) groups excluding carboxylic acids is 1. The molecule has 156 valence electrons. The number of nitrogens with zero attached hydrogens (tertiary/aromatic N) is 2. The average molecular weight is 413 g/mol. The van der Waals surface area contributed by atoms with Gasteiger partial charge in [0.2, 0.25) is 0 Å². The highest BCUT2D eigenvalue weighted by atomic mass is 16.5. The molecule has 2 aromatic heterocycles. The van der Waals surface area contributed by atoms with E-state index in [0.717, 1.165) is 53.1 Å². The SMILES string of the molecule is CC1CCCN(c2cc(NCc3ccco3)c3c4c(onc24)-c2ccccc2C3=O)C1. The van der Waals surface area contributed by atoms with E-state index in [9.17, 15) is 4.79 Å². The van der Waals surface area contributed by atoms with Gasteiger partial charge < -0.3 is 19.2 Å². The Balaban J connectivity index is 1.56. The molecule has 0 spiro atoms. The van der Waals surface area contributed by atoms with Crippen molar-refractivity contribution in [3.8, 4) is 11.3 Å². The van der Waals surface area contributed by atoms with Crippen LogP contribution in [0.4, 0.5) is 11.4 Å². The van der Waals surface area contributed by atoms with Crippen molar-refractivity contribution < 1.29 is 13.7 Å². The predicted molar refractivity (Wildman–Crippen MR) is 120 cm³/mol. The van der Waals surface area contributed by atoms with Gasteiger partial charge in [-0.25, -0.2) is 0 Å². The third-order valence-electron chi connectivity index (χ3n) is 6.41. The molecule has 31 heavy (non-hydrogen) atoms. The molecule has 0 radical (unpaired) electrons. The molecule has 1 saturated heterocycles. The van der Waals surface area contributed by atoms with Crippen molar-refractivity contribution in [1.82, 2.24) is 5.16 Å². The zero-order valence-electron chi connectivity index (χ0n) is 17.4. The molecule has 4 aromatic rings. The van der Waals surface area contributed by atoms with Crippen LogP contribution in [0.1, 0.15) is 41.4 Å². The molecular formula is C25H23N3O3. The van der Waals surface area contributed by atoms with Crippen LogP contribution < -0.4 is 10.2 Å². The molecule has 1 atom stereocenters. The van der Waals surface area contributed by atoms with Crippen LogP contribution in [0, 0.1) is 5.92 Å². The number of carbonyl (C=O) groups is 1. The molecule has 1 N–H and O–H groups in total. The van der Waals surface area contributed by atoms with Crippen LogP contribution in [-0.4, -0.2) is 24.0 Å². The van der Waals surface area contributed by atoms with Crippen LogP contribution in [0.5, 0.6) is 0 Å². The molecule has 6 rings (SSSR count). The second kappa shape index (κ2) is 7.01. The minimum Gasteiger partial charge on any atom is -0.467 e. The quantitative estimate of drug-likeness (QED) is 0.421. The van der Waals surface area contributed by atoms with Crippen molar-refractivity contribution in [1.29, 1.82) is 0 Å². The summed E-state index contributed by atoms with van der Waals surface area (Å²) >= 11 is 0. The summed E-state index contributed by atoms with van der Waals surface area (Å²) in [5.41, 5.74) is 4.67. The van der Waals surface area contributed by atoms with Gasteiger partial charge in [0, 0.05) is 29.9 Å². The predicted octanol–water partition coefficient (Wildman–Crippen LogP) is 5.48. The summed E-state index contributed by atoms with van der Waals surface area (Å²) in [6.45, 7) is 4.73. The van der Waals surface area contributed by atoms with Crippen molar-refractivity contribution in [2.75, 3.05) is 23.3 Å².